The van der Waals surface area contributed by atoms with E-state index < -0.39 is 35.4 Å². The molecular formula is C22H21F2N5O4S. The van der Waals surface area contributed by atoms with Crippen LogP contribution in [0.15, 0.2) is 48.5 Å². The van der Waals surface area contributed by atoms with Gasteiger partial charge in [0.15, 0.2) is 5.69 Å². The fourth-order valence-corrected chi connectivity index (χ4v) is 3.90. The fraction of sp³-hybridized carbons (Fsp3) is 0.182. The van der Waals surface area contributed by atoms with E-state index in [2.05, 4.69) is 9.69 Å². The van der Waals surface area contributed by atoms with Gasteiger partial charge in [-0.25, -0.2) is 8.78 Å². The van der Waals surface area contributed by atoms with Gasteiger partial charge in [0, 0.05) is 19.3 Å². The first kappa shape index (κ1) is 24.7. The monoisotopic (exact) mass is 489 g/mol. The largest absolute Gasteiger partial charge is 0.395 e. The number of methoxy groups -OCH3 is 1. The van der Waals surface area contributed by atoms with Crippen molar-refractivity contribution in [2.45, 2.75) is 6.04 Å². The second kappa shape index (κ2) is 10.8. The van der Waals surface area contributed by atoms with E-state index in [4.69, 9.17) is 16.2 Å². The quantitative estimate of drug-likeness (QED) is 0.394. The third kappa shape index (κ3) is 5.35. The van der Waals surface area contributed by atoms with Crippen LogP contribution in [0.2, 0.25) is 0 Å². The summed E-state index contributed by atoms with van der Waals surface area (Å²) in [6.45, 7) is 0.336. The number of nitrogens with zero attached hydrogens (tertiary/aromatic N) is 2. The molecule has 0 unspecified atom stereocenters. The maximum Gasteiger partial charge on any atom is 0.273 e. The Balaban J connectivity index is 2.16. The summed E-state index contributed by atoms with van der Waals surface area (Å²) in [5.74, 6) is -3.43. The Kier molecular flexibility index (Phi) is 7.87. The van der Waals surface area contributed by atoms with Gasteiger partial charge in [0.25, 0.3) is 11.8 Å². The second-order valence-electron chi connectivity index (χ2n) is 7.03. The molecule has 0 aliphatic carbocycles. The Labute approximate surface area is 197 Å². The first-order chi connectivity index (χ1) is 16.2. The zero-order valence-electron chi connectivity index (χ0n) is 18.0. The highest BCUT2D eigenvalue weighted by Crippen LogP contribution is 2.33. The number of hydrogen-bond donors (Lipinski definition) is 3. The number of nitrogen functional groups attached to an aromatic ring is 1. The van der Waals surface area contributed by atoms with E-state index in [-0.39, 0.29) is 40.7 Å². The van der Waals surface area contributed by atoms with Crippen molar-refractivity contribution in [3.05, 3.63) is 76.3 Å². The van der Waals surface area contributed by atoms with Crippen molar-refractivity contribution in [1.82, 2.24) is 9.69 Å². The summed E-state index contributed by atoms with van der Waals surface area (Å²) in [6, 6.07) is 8.52. The normalized spacial score (nSPS) is 11.6. The molecule has 0 saturated heterocycles. The lowest BCUT2D eigenvalue weighted by Crippen LogP contribution is -2.44. The maximum absolute atomic E-state index is 13.7. The third-order valence-corrected chi connectivity index (χ3v) is 5.63. The van der Waals surface area contributed by atoms with Crippen molar-refractivity contribution in [3.8, 4) is 0 Å². The van der Waals surface area contributed by atoms with Gasteiger partial charge in [-0.2, -0.15) is 4.37 Å². The number of anilines is 2. The number of aromatic nitrogens is 1. The second-order valence-corrected chi connectivity index (χ2v) is 7.80. The number of nitrogens with one attached hydrogen (secondary N) is 1. The molecule has 12 heteroatoms. The Morgan fingerprint density at radius 3 is 2.21 bits per heavy atom. The maximum atomic E-state index is 13.7. The predicted molar refractivity (Wildman–Crippen MR) is 122 cm³/mol. The molecule has 3 rings (SSSR count). The standard InChI is InChI=1S/C22H21F2N5O4S/c1-33-11-10-27-21(31)18(12-2-4-13(23)5-3-12)29(15-8-6-14(24)7-9-15)22(32)19-16(25)17(20(26)30)28-34-19/h2-9,18H,10-11,25H2,1H3,(H2,26,30)(H,27,31)/t18-/m1/s1. The first-order valence-electron chi connectivity index (χ1n) is 9.90. The SMILES string of the molecule is COCCNC(=O)[C@@H](c1ccc(F)cc1)N(C(=O)c1snc(C(N)=O)c1N)c1ccc(F)cc1. The van der Waals surface area contributed by atoms with Crippen LogP contribution in [0.1, 0.15) is 31.8 Å². The summed E-state index contributed by atoms with van der Waals surface area (Å²) >= 11 is 0.634. The van der Waals surface area contributed by atoms with Crippen LogP contribution in [-0.4, -0.2) is 42.4 Å². The van der Waals surface area contributed by atoms with Crippen LogP contribution in [0.5, 0.6) is 0 Å². The molecule has 0 aliphatic rings. The summed E-state index contributed by atoms with van der Waals surface area (Å²) in [7, 11) is 1.46. The van der Waals surface area contributed by atoms with E-state index in [1.165, 1.54) is 31.4 Å². The van der Waals surface area contributed by atoms with E-state index in [1.807, 2.05) is 0 Å². The topological polar surface area (TPSA) is 141 Å². The van der Waals surface area contributed by atoms with Gasteiger partial charge in [-0.05, 0) is 53.5 Å². The lowest BCUT2D eigenvalue weighted by Gasteiger charge is -2.31. The van der Waals surface area contributed by atoms with Crippen LogP contribution < -0.4 is 21.7 Å². The van der Waals surface area contributed by atoms with Gasteiger partial charge >= 0.3 is 0 Å². The van der Waals surface area contributed by atoms with Crippen LogP contribution >= 0.6 is 11.5 Å². The smallest absolute Gasteiger partial charge is 0.273 e. The summed E-state index contributed by atoms with van der Waals surface area (Å²) in [5.41, 5.74) is 11.1. The molecule has 0 bridgehead atoms. The van der Waals surface area contributed by atoms with Crippen LogP contribution in [0.3, 0.4) is 0 Å². The van der Waals surface area contributed by atoms with Crippen molar-refractivity contribution in [2.24, 2.45) is 5.73 Å². The van der Waals surface area contributed by atoms with Crippen LogP contribution in [0.25, 0.3) is 0 Å². The number of amides is 3. The molecule has 1 heterocycles. The average molecular weight is 490 g/mol. The molecule has 3 amide bonds. The zero-order valence-corrected chi connectivity index (χ0v) is 18.8. The van der Waals surface area contributed by atoms with Crippen molar-refractivity contribution >= 4 is 40.6 Å². The number of halogens is 2. The number of benzene rings is 2. The lowest BCUT2D eigenvalue weighted by atomic mass is 10.0. The minimum Gasteiger partial charge on any atom is -0.395 e. The molecule has 1 atom stereocenters. The Morgan fingerprint density at radius 2 is 1.68 bits per heavy atom. The van der Waals surface area contributed by atoms with Gasteiger partial charge < -0.3 is 21.5 Å². The Bertz CT molecular complexity index is 1190. The molecule has 0 radical (unpaired) electrons. The first-order valence-corrected chi connectivity index (χ1v) is 10.7. The molecule has 2 aromatic carbocycles. The summed E-state index contributed by atoms with van der Waals surface area (Å²) in [6.07, 6.45) is 0. The fourth-order valence-electron chi connectivity index (χ4n) is 3.16. The zero-order chi connectivity index (χ0) is 24.8. The van der Waals surface area contributed by atoms with Gasteiger partial charge in [-0.3, -0.25) is 19.3 Å². The van der Waals surface area contributed by atoms with Crippen molar-refractivity contribution in [3.63, 3.8) is 0 Å². The Morgan fingerprint density at radius 1 is 1.09 bits per heavy atom. The summed E-state index contributed by atoms with van der Waals surface area (Å²) in [4.78, 5) is 39.5. The molecule has 1 aromatic heterocycles. The average Bonchev–Trinajstić information content (AvgIpc) is 3.20. The minimum atomic E-state index is -1.31. The molecule has 178 valence electrons. The number of primary amides is 1. The molecule has 5 N–H and O–H groups in total. The highest BCUT2D eigenvalue weighted by atomic mass is 32.1. The number of carbonyl (C=O) groups is 3. The molecule has 0 saturated carbocycles. The van der Waals surface area contributed by atoms with Crippen molar-refractivity contribution < 1.29 is 27.9 Å². The van der Waals surface area contributed by atoms with Crippen LogP contribution in [0.4, 0.5) is 20.2 Å². The highest BCUT2D eigenvalue weighted by Gasteiger charge is 2.36. The molecule has 3 aromatic rings. The predicted octanol–water partition coefficient (Wildman–Crippen LogP) is 2.25. The molecule has 0 fully saturated rings. The van der Waals surface area contributed by atoms with Gasteiger partial charge in [0.1, 0.15) is 22.6 Å². The molecular weight excluding hydrogens is 468 g/mol. The highest BCUT2D eigenvalue weighted by molar-refractivity contribution is 7.09. The summed E-state index contributed by atoms with van der Waals surface area (Å²) < 4.78 is 36.1. The van der Waals surface area contributed by atoms with Gasteiger partial charge in [-0.15, -0.1) is 0 Å². The van der Waals surface area contributed by atoms with Crippen LogP contribution in [0, 0.1) is 11.6 Å². The van der Waals surface area contributed by atoms with E-state index >= 15 is 0 Å². The van der Waals surface area contributed by atoms with Gasteiger partial charge in [0.2, 0.25) is 5.91 Å². The number of nitrogens with two attached hydrogens (primary N) is 2. The molecule has 9 nitrogen and oxygen atoms in total. The lowest BCUT2D eigenvalue weighted by molar-refractivity contribution is -0.122. The van der Waals surface area contributed by atoms with E-state index in [0.717, 1.165) is 29.2 Å². The van der Waals surface area contributed by atoms with Crippen molar-refractivity contribution in [1.29, 1.82) is 0 Å². The number of hydrogen-bond acceptors (Lipinski definition) is 7. The molecule has 0 aliphatic heterocycles. The third-order valence-electron chi connectivity index (χ3n) is 4.78. The van der Waals surface area contributed by atoms with E-state index in [0.29, 0.717) is 11.5 Å². The van der Waals surface area contributed by atoms with Gasteiger partial charge in [0.05, 0.1) is 12.3 Å². The van der Waals surface area contributed by atoms with Crippen LogP contribution in [-0.2, 0) is 9.53 Å². The summed E-state index contributed by atoms with van der Waals surface area (Å²) in [5, 5.41) is 2.66. The minimum absolute atomic E-state index is 0.132. The number of ether oxygens (including phenoxy) is 1. The van der Waals surface area contributed by atoms with E-state index in [9.17, 15) is 23.2 Å². The van der Waals surface area contributed by atoms with Crippen molar-refractivity contribution in [2.75, 3.05) is 30.9 Å². The Hall–Kier alpha value is -3.90. The number of carbonyl (C=O) groups excluding carboxylic acids is 3. The van der Waals surface area contributed by atoms with Gasteiger partial charge in [-0.1, -0.05) is 12.1 Å². The van der Waals surface area contributed by atoms with E-state index in [1.54, 1.807) is 0 Å². The number of rotatable bonds is 9. The molecule has 0 spiro atoms. The molecule has 34 heavy (non-hydrogen) atoms.